The minimum atomic E-state index is 0.00106. The second-order valence-corrected chi connectivity index (χ2v) is 5.67. The molecule has 1 aromatic rings. The van der Waals surface area contributed by atoms with Gasteiger partial charge in [0.05, 0.1) is 5.69 Å². The molecule has 2 aliphatic heterocycles. The summed E-state index contributed by atoms with van der Waals surface area (Å²) >= 11 is 0. The highest BCUT2D eigenvalue weighted by atomic mass is 16.2. The molecule has 3 N–H and O–H groups in total. The molecule has 1 amide bonds. The van der Waals surface area contributed by atoms with Gasteiger partial charge in [0.1, 0.15) is 5.69 Å². The molecule has 3 heterocycles. The van der Waals surface area contributed by atoms with Crippen LogP contribution in [0.1, 0.15) is 30.3 Å². The molecule has 0 radical (unpaired) electrons. The summed E-state index contributed by atoms with van der Waals surface area (Å²) in [4.78, 5) is 21.3. The molecule has 2 saturated heterocycles. The lowest BCUT2D eigenvalue weighted by Crippen LogP contribution is -2.56. The monoisotopic (exact) mass is 275 g/mol. The van der Waals surface area contributed by atoms with E-state index in [-0.39, 0.29) is 11.9 Å². The lowest BCUT2D eigenvalue weighted by atomic mass is 10.1. The smallest absolute Gasteiger partial charge is 0.272 e. The van der Waals surface area contributed by atoms with Crippen molar-refractivity contribution in [1.29, 1.82) is 0 Å². The molecule has 1 aromatic heterocycles. The average Bonchev–Trinajstić information content (AvgIpc) is 2.92. The Hall–Kier alpha value is -1.66. The second-order valence-electron chi connectivity index (χ2n) is 5.67. The van der Waals surface area contributed by atoms with Gasteiger partial charge >= 0.3 is 0 Å². The number of anilines is 1. The Kier molecular flexibility index (Phi) is 3.58. The van der Waals surface area contributed by atoms with Crippen LogP contribution in [0.25, 0.3) is 0 Å². The molecule has 6 nitrogen and oxygen atoms in total. The van der Waals surface area contributed by atoms with E-state index in [1.807, 2.05) is 4.90 Å². The van der Waals surface area contributed by atoms with Crippen LogP contribution in [0, 0.1) is 0 Å². The van der Waals surface area contributed by atoms with Gasteiger partial charge in [-0.25, -0.2) is 0 Å². The molecule has 0 aromatic carbocycles. The number of nitrogens with two attached hydrogens (primary N) is 1. The standard InChI is InChI=1S/C14H21N5O/c1-10-8-18-6-2-3-12(18)9-19(10)14(20)13-7-11(17-15)4-5-16-13/h4-5,7,10,12H,2-3,6,8-9,15H2,1H3,(H,16,17). The van der Waals surface area contributed by atoms with Gasteiger partial charge in [-0.15, -0.1) is 0 Å². The van der Waals surface area contributed by atoms with Crippen LogP contribution in [0.15, 0.2) is 18.3 Å². The fourth-order valence-electron chi connectivity index (χ4n) is 3.25. The normalized spacial score (nSPS) is 26.4. The Labute approximate surface area is 118 Å². The highest BCUT2D eigenvalue weighted by Gasteiger charge is 2.37. The number of hydrogen-bond donors (Lipinski definition) is 2. The van der Waals surface area contributed by atoms with Crippen molar-refractivity contribution in [3.8, 4) is 0 Å². The van der Waals surface area contributed by atoms with Gasteiger partial charge in [0.15, 0.2) is 0 Å². The molecule has 0 saturated carbocycles. The molecule has 108 valence electrons. The van der Waals surface area contributed by atoms with Crippen molar-refractivity contribution >= 4 is 11.6 Å². The number of fused-ring (bicyclic) bond motifs is 1. The molecule has 3 rings (SSSR count). The zero-order valence-corrected chi connectivity index (χ0v) is 11.7. The third kappa shape index (κ3) is 2.36. The molecule has 2 fully saturated rings. The number of carbonyl (C=O) groups is 1. The quantitative estimate of drug-likeness (QED) is 0.613. The van der Waals surface area contributed by atoms with Gasteiger partial charge < -0.3 is 10.3 Å². The molecule has 6 heteroatoms. The predicted octanol–water partition coefficient (Wildman–Crippen LogP) is 0.676. The summed E-state index contributed by atoms with van der Waals surface area (Å²) in [6.45, 7) is 5.05. The SMILES string of the molecule is CC1CN2CCCC2CN1C(=O)c1cc(NN)ccn1. The Balaban J connectivity index is 1.78. The van der Waals surface area contributed by atoms with Crippen LogP contribution >= 0.6 is 0 Å². The number of aromatic nitrogens is 1. The summed E-state index contributed by atoms with van der Waals surface area (Å²) in [5.41, 5.74) is 3.72. The van der Waals surface area contributed by atoms with Gasteiger partial charge in [-0.3, -0.25) is 20.5 Å². The lowest BCUT2D eigenvalue weighted by Gasteiger charge is -2.42. The minimum absolute atomic E-state index is 0.00106. The van der Waals surface area contributed by atoms with E-state index in [1.165, 1.54) is 19.4 Å². The molecule has 2 aliphatic rings. The van der Waals surface area contributed by atoms with Gasteiger partial charge in [0.2, 0.25) is 0 Å². The molecular weight excluding hydrogens is 254 g/mol. The number of nitrogen functional groups attached to an aromatic ring is 1. The van der Waals surface area contributed by atoms with Crippen molar-refractivity contribution in [2.45, 2.75) is 31.8 Å². The van der Waals surface area contributed by atoms with Crippen LogP contribution in [0.3, 0.4) is 0 Å². The summed E-state index contributed by atoms with van der Waals surface area (Å²) in [5.74, 6) is 5.39. The zero-order valence-electron chi connectivity index (χ0n) is 11.7. The Bertz CT molecular complexity index is 506. The maximum Gasteiger partial charge on any atom is 0.272 e. The molecular formula is C14H21N5O. The first-order chi connectivity index (χ1) is 9.69. The van der Waals surface area contributed by atoms with Gasteiger partial charge in [-0.1, -0.05) is 0 Å². The maximum atomic E-state index is 12.6. The summed E-state index contributed by atoms with van der Waals surface area (Å²) in [7, 11) is 0. The second kappa shape index (κ2) is 5.38. The minimum Gasteiger partial charge on any atom is -0.332 e. The van der Waals surface area contributed by atoms with Crippen LogP contribution in [0.5, 0.6) is 0 Å². The third-order valence-electron chi connectivity index (χ3n) is 4.34. The van der Waals surface area contributed by atoms with Crippen LogP contribution in [-0.4, -0.2) is 52.4 Å². The molecule has 0 bridgehead atoms. The number of pyridine rings is 1. The Morgan fingerprint density at radius 3 is 3.15 bits per heavy atom. The molecule has 0 aliphatic carbocycles. The average molecular weight is 275 g/mol. The predicted molar refractivity (Wildman–Crippen MR) is 77.1 cm³/mol. The van der Waals surface area contributed by atoms with E-state index in [2.05, 4.69) is 22.2 Å². The first kappa shape index (κ1) is 13.3. The van der Waals surface area contributed by atoms with Gasteiger partial charge in [-0.2, -0.15) is 0 Å². The number of hydrogen-bond acceptors (Lipinski definition) is 5. The first-order valence-corrected chi connectivity index (χ1v) is 7.16. The van der Waals surface area contributed by atoms with Crippen LogP contribution in [-0.2, 0) is 0 Å². The Morgan fingerprint density at radius 2 is 2.35 bits per heavy atom. The number of nitrogens with zero attached hydrogens (tertiary/aromatic N) is 3. The van der Waals surface area contributed by atoms with E-state index in [0.29, 0.717) is 17.4 Å². The Morgan fingerprint density at radius 1 is 1.50 bits per heavy atom. The van der Waals surface area contributed by atoms with Crippen molar-refractivity contribution in [3.05, 3.63) is 24.0 Å². The highest BCUT2D eigenvalue weighted by molar-refractivity contribution is 5.93. The molecule has 20 heavy (non-hydrogen) atoms. The van der Waals surface area contributed by atoms with Gasteiger partial charge in [0, 0.05) is 31.4 Å². The summed E-state index contributed by atoms with van der Waals surface area (Å²) in [6.07, 6.45) is 4.04. The fourth-order valence-corrected chi connectivity index (χ4v) is 3.25. The van der Waals surface area contributed by atoms with E-state index in [4.69, 9.17) is 5.84 Å². The first-order valence-electron chi connectivity index (χ1n) is 7.16. The van der Waals surface area contributed by atoms with Gasteiger partial charge in [-0.05, 0) is 38.4 Å². The third-order valence-corrected chi connectivity index (χ3v) is 4.34. The van der Waals surface area contributed by atoms with E-state index in [0.717, 1.165) is 13.1 Å². The zero-order chi connectivity index (χ0) is 14.1. The number of rotatable bonds is 2. The highest BCUT2D eigenvalue weighted by Crippen LogP contribution is 2.25. The van der Waals surface area contributed by atoms with E-state index < -0.39 is 0 Å². The summed E-state index contributed by atoms with van der Waals surface area (Å²) < 4.78 is 0. The maximum absolute atomic E-state index is 12.6. The molecule has 2 atom stereocenters. The number of carbonyl (C=O) groups excluding carboxylic acids is 1. The number of nitrogens with one attached hydrogen (secondary N) is 1. The number of amides is 1. The van der Waals surface area contributed by atoms with Crippen molar-refractivity contribution < 1.29 is 4.79 Å². The van der Waals surface area contributed by atoms with Crippen molar-refractivity contribution in [2.75, 3.05) is 25.1 Å². The lowest BCUT2D eigenvalue weighted by molar-refractivity contribution is 0.0390. The van der Waals surface area contributed by atoms with Gasteiger partial charge in [0.25, 0.3) is 5.91 Å². The topological polar surface area (TPSA) is 74.5 Å². The van der Waals surface area contributed by atoms with E-state index in [1.54, 1.807) is 18.3 Å². The fraction of sp³-hybridized carbons (Fsp3) is 0.571. The molecule has 0 spiro atoms. The van der Waals surface area contributed by atoms with E-state index >= 15 is 0 Å². The van der Waals surface area contributed by atoms with Crippen LogP contribution in [0.4, 0.5) is 5.69 Å². The number of hydrazine groups is 1. The van der Waals surface area contributed by atoms with Crippen molar-refractivity contribution in [3.63, 3.8) is 0 Å². The number of piperazine rings is 1. The van der Waals surface area contributed by atoms with Crippen LogP contribution in [0.2, 0.25) is 0 Å². The summed E-state index contributed by atoms with van der Waals surface area (Å²) in [6, 6.07) is 4.20. The largest absolute Gasteiger partial charge is 0.332 e. The van der Waals surface area contributed by atoms with E-state index in [9.17, 15) is 4.79 Å². The van der Waals surface area contributed by atoms with Crippen LogP contribution < -0.4 is 11.3 Å². The summed E-state index contributed by atoms with van der Waals surface area (Å²) in [5, 5.41) is 0. The van der Waals surface area contributed by atoms with Crippen molar-refractivity contribution in [2.24, 2.45) is 5.84 Å². The molecule has 2 unspecified atom stereocenters. The van der Waals surface area contributed by atoms with Crippen molar-refractivity contribution in [1.82, 2.24) is 14.8 Å².